The van der Waals surface area contributed by atoms with Gasteiger partial charge in [0, 0.05) is 25.5 Å². The van der Waals surface area contributed by atoms with E-state index in [9.17, 15) is 8.42 Å². The van der Waals surface area contributed by atoms with Crippen LogP contribution in [0.25, 0.3) is 10.8 Å². The van der Waals surface area contributed by atoms with E-state index in [1.807, 2.05) is 48.5 Å². The molecule has 0 spiro atoms. The quantitative estimate of drug-likeness (QED) is 0.754. The largest absolute Gasteiger partial charge is 0.497 e. The lowest BCUT2D eigenvalue weighted by atomic mass is 10.1. The first kappa shape index (κ1) is 17.3. The molecule has 6 heteroatoms. The molecule has 0 aliphatic heterocycles. The minimum Gasteiger partial charge on any atom is -0.497 e. The fraction of sp³-hybridized carbons (Fsp3) is 0.158. The summed E-state index contributed by atoms with van der Waals surface area (Å²) in [5.41, 5.74) is 1.88. The molecule has 0 saturated heterocycles. The standard InChI is InChI=1S/C19H20N2O3S/c1-21(2)25(22,23)19-11-5-14-12-17(6-4-15(14)13-19)20-16-7-9-18(24-3)10-8-16/h4-13,20H,1-3H3. The molecule has 0 bridgehead atoms. The molecule has 0 aliphatic carbocycles. The molecule has 0 fully saturated rings. The van der Waals surface area contributed by atoms with Gasteiger partial charge in [-0.05, 0) is 59.3 Å². The molecule has 0 amide bonds. The van der Waals surface area contributed by atoms with Crippen LogP contribution in [0.15, 0.2) is 65.6 Å². The summed E-state index contributed by atoms with van der Waals surface area (Å²) in [6, 6.07) is 18.6. The van der Waals surface area contributed by atoms with Crippen LogP contribution in [0.3, 0.4) is 0 Å². The van der Waals surface area contributed by atoms with Gasteiger partial charge in [-0.3, -0.25) is 0 Å². The van der Waals surface area contributed by atoms with E-state index in [-0.39, 0.29) is 0 Å². The molecular formula is C19H20N2O3S. The van der Waals surface area contributed by atoms with E-state index in [1.54, 1.807) is 19.2 Å². The van der Waals surface area contributed by atoms with Crippen LogP contribution < -0.4 is 10.1 Å². The van der Waals surface area contributed by atoms with Gasteiger partial charge in [0.05, 0.1) is 12.0 Å². The molecule has 0 atom stereocenters. The number of sulfonamides is 1. The molecule has 3 aromatic rings. The van der Waals surface area contributed by atoms with Gasteiger partial charge in [-0.15, -0.1) is 0 Å². The summed E-state index contributed by atoms with van der Waals surface area (Å²) >= 11 is 0. The Hall–Kier alpha value is -2.57. The van der Waals surface area contributed by atoms with E-state index in [0.29, 0.717) is 4.90 Å². The van der Waals surface area contributed by atoms with Crippen LogP contribution in [0.5, 0.6) is 5.75 Å². The van der Waals surface area contributed by atoms with Crippen molar-refractivity contribution < 1.29 is 13.2 Å². The highest BCUT2D eigenvalue weighted by atomic mass is 32.2. The predicted octanol–water partition coefficient (Wildman–Crippen LogP) is 3.84. The third-order valence-corrected chi connectivity index (χ3v) is 5.78. The van der Waals surface area contributed by atoms with Gasteiger partial charge in [0.1, 0.15) is 5.75 Å². The Kier molecular flexibility index (Phi) is 4.65. The number of hydrogen-bond donors (Lipinski definition) is 1. The first-order valence-corrected chi connectivity index (χ1v) is 9.21. The third-order valence-electron chi connectivity index (χ3n) is 3.97. The van der Waals surface area contributed by atoms with E-state index < -0.39 is 10.0 Å². The van der Waals surface area contributed by atoms with Gasteiger partial charge < -0.3 is 10.1 Å². The average molecular weight is 356 g/mol. The van der Waals surface area contributed by atoms with Gasteiger partial charge in [-0.2, -0.15) is 0 Å². The molecule has 0 radical (unpaired) electrons. The Bertz CT molecular complexity index is 997. The molecule has 3 rings (SSSR count). The molecule has 0 aromatic heterocycles. The highest BCUT2D eigenvalue weighted by molar-refractivity contribution is 7.89. The Morgan fingerprint density at radius 1 is 0.840 bits per heavy atom. The predicted molar refractivity (Wildman–Crippen MR) is 101 cm³/mol. The number of anilines is 2. The van der Waals surface area contributed by atoms with E-state index in [0.717, 1.165) is 27.9 Å². The van der Waals surface area contributed by atoms with Crippen molar-refractivity contribution in [3.05, 3.63) is 60.7 Å². The smallest absolute Gasteiger partial charge is 0.242 e. The Morgan fingerprint density at radius 2 is 1.44 bits per heavy atom. The van der Waals surface area contributed by atoms with Gasteiger partial charge in [0.15, 0.2) is 0 Å². The van der Waals surface area contributed by atoms with Crippen LogP contribution in [0, 0.1) is 0 Å². The molecule has 0 saturated carbocycles. The topological polar surface area (TPSA) is 58.6 Å². The van der Waals surface area contributed by atoms with Crippen LogP contribution in [0.1, 0.15) is 0 Å². The number of nitrogens with one attached hydrogen (secondary N) is 1. The van der Waals surface area contributed by atoms with Crippen molar-refractivity contribution in [2.75, 3.05) is 26.5 Å². The Balaban J connectivity index is 1.90. The molecule has 0 aliphatic rings. The second-order valence-electron chi connectivity index (χ2n) is 5.86. The second kappa shape index (κ2) is 6.74. The van der Waals surface area contributed by atoms with E-state index in [4.69, 9.17) is 4.74 Å². The number of hydrogen-bond acceptors (Lipinski definition) is 4. The van der Waals surface area contributed by atoms with Crippen LogP contribution >= 0.6 is 0 Å². The third kappa shape index (κ3) is 3.60. The summed E-state index contributed by atoms with van der Waals surface area (Å²) in [5, 5.41) is 5.18. The fourth-order valence-electron chi connectivity index (χ4n) is 2.51. The van der Waals surface area contributed by atoms with Crippen molar-refractivity contribution in [2.24, 2.45) is 0 Å². The number of benzene rings is 3. The van der Waals surface area contributed by atoms with Crippen LogP contribution in [0.4, 0.5) is 11.4 Å². The molecule has 25 heavy (non-hydrogen) atoms. The van der Waals surface area contributed by atoms with Gasteiger partial charge >= 0.3 is 0 Å². The zero-order valence-corrected chi connectivity index (χ0v) is 15.2. The van der Waals surface area contributed by atoms with E-state index >= 15 is 0 Å². The second-order valence-corrected chi connectivity index (χ2v) is 8.02. The minimum absolute atomic E-state index is 0.292. The monoisotopic (exact) mass is 356 g/mol. The normalized spacial score (nSPS) is 11.7. The summed E-state index contributed by atoms with van der Waals surface area (Å²) < 4.78 is 30.8. The van der Waals surface area contributed by atoms with E-state index in [1.165, 1.54) is 18.4 Å². The van der Waals surface area contributed by atoms with Crippen molar-refractivity contribution in [1.29, 1.82) is 0 Å². The molecule has 3 aromatic carbocycles. The fourth-order valence-corrected chi connectivity index (χ4v) is 3.45. The van der Waals surface area contributed by atoms with Gasteiger partial charge in [0.2, 0.25) is 10.0 Å². The average Bonchev–Trinajstić information content (AvgIpc) is 2.61. The molecule has 130 valence electrons. The zero-order chi connectivity index (χ0) is 18.0. The van der Waals surface area contributed by atoms with Gasteiger partial charge in [-0.25, -0.2) is 12.7 Å². The highest BCUT2D eigenvalue weighted by Crippen LogP contribution is 2.26. The van der Waals surface area contributed by atoms with Crippen molar-refractivity contribution in [1.82, 2.24) is 4.31 Å². The number of rotatable bonds is 5. The molecule has 0 unspecified atom stereocenters. The highest BCUT2D eigenvalue weighted by Gasteiger charge is 2.17. The lowest BCUT2D eigenvalue weighted by Crippen LogP contribution is -2.22. The van der Waals surface area contributed by atoms with Gasteiger partial charge in [-0.1, -0.05) is 12.1 Å². The van der Waals surface area contributed by atoms with Crippen LogP contribution in [-0.4, -0.2) is 33.9 Å². The van der Waals surface area contributed by atoms with Crippen molar-refractivity contribution >= 4 is 32.2 Å². The maximum atomic E-state index is 12.2. The van der Waals surface area contributed by atoms with Crippen molar-refractivity contribution in [2.45, 2.75) is 4.90 Å². The minimum atomic E-state index is -3.43. The SMILES string of the molecule is COc1ccc(Nc2ccc3cc(S(=O)(=O)N(C)C)ccc3c2)cc1. The van der Waals surface area contributed by atoms with E-state index in [2.05, 4.69) is 5.32 Å². The lowest BCUT2D eigenvalue weighted by Gasteiger charge is -2.12. The maximum Gasteiger partial charge on any atom is 0.242 e. The summed E-state index contributed by atoms with van der Waals surface area (Å²) in [5.74, 6) is 0.804. The zero-order valence-electron chi connectivity index (χ0n) is 14.4. The lowest BCUT2D eigenvalue weighted by molar-refractivity contribution is 0.415. The van der Waals surface area contributed by atoms with Crippen LogP contribution in [-0.2, 0) is 10.0 Å². The molecule has 0 heterocycles. The van der Waals surface area contributed by atoms with Crippen LogP contribution in [0.2, 0.25) is 0 Å². The number of methoxy groups -OCH3 is 1. The Morgan fingerprint density at radius 3 is 2.08 bits per heavy atom. The van der Waals surface area contributed by atoms with Crippen molar-refractivity contribution in [3.8, 4) is 5.75 Å². The van der Waals surface area contributed by atoms with Gasteiger partial charge in [0.25, 0.3) is 0 Å². The Labute approximate surface area is 147 Å². The maximum absolute atomic E-state index is 12.2. The first-order valence-electron chi connectivity index (χ1n) is 7.77. The van der Waals surface area contributed by atoms with Crippen molar-refractivity contribution in [3.63, 3.8) is 0 Å². The number of nitrogens with zero attached hydrogens (tertiary/aromatic N) is 1. The molecular weight excluding hydrogens is 336 g/mol. The summed E-state index contributed by atoms with van der Waals surface area (Å²) in [7, 11) is 1.27. The number of fused-ring (bicyclic) bond motifs is 1. The summed E-state index contributed by atoms with van der Waals surface area (Å²) in [4.78, 5) is 0.292. The first-order chi connectivity index (χ1) is 11.9. The molecule has 5 nitrogen and oxygen atoms in total. The molecule has 1 N–H and O–H groups in total. The summed E-state index contributed by atoms with van der Waals surface area (Å²) in [6.07, 6.45) is 0. The summed E-state index contributed by atoms with van der Waals surface area (Å²) in [6.45, 7) is 0. The number of ether oxygens (including phenoxy) is 1.